The van der Waals surface area contributed by atoms with Gasteiger partial charge in [0.25, 0.3) is 0 Å². The van der Waals surface area contributed by atoms with E-state index in [0.29, 0.717) is 12.2 Å². The van der Waals surface area contributed by atoms with Gasteiger partial charge in [0.1, 0.15) is 11.6 Å². The van der Waals surface area contributed by atoms with E-state index >= 15 is 0 Å². The highest BCUT2D eigenvalue weighted by Crippen LogP contribution is 2.13. The van der Waals surface area contributed by atoms with Crippen molar-refractivity contribution in [3.63, 3.8) is 0 Å². The van der Waals surface area contributed by atoms with Crippen molar-refractivity contribution in [1.82, 2.24) is 4.98 Å². The number of hydrogen-bond acceptors (Lipinski definition) is 4. The third-order valence-corrected chi connectivity index (χ3v) is 2.18. The highest BCUT2D eigenvalue weighted by atomic mass is 16.3. The summed E-state index contributed by atoms with van der Waals surface area (Å²) in [5, 5.41) is 3.15. The molecular weight excluding hydrogens is 190 g/mol. The molecule has 0 fully saturated rings. The van der Waals surface area contributed by atoms with Gasteiger partial charge < -0.3 is 15.5 Å². The van der Waals surface area contributed by atoms with Crippen molar-refractivity contribution in [1.29, 1.82) is 0 Å². The average Bonchev–Trinajstić information content (AvgIpc) is 2.73. The lowest BCUT2D eigenvalue weighted by molar-refractivity contribution is 0.518. The van der Waals surface area contributed by atoms with E-state index in [1.807, 2.05) is 25.1 Å². The summed E-state index contributed by atoms with van der Waals surface area (Å²) in [6.07, 6.45) is 3.30. The summed E-state index contributed by atoms with van der Waals surface area (Å²) in [5.41, 5.74) is 7.40. The fraction of sp³-hybridized carbons (Fsp3) is 0.182. The quantitative estimate of drug-likeness (QED) is 0.802. The summed E-state index contributed by atoms with van der Waals surface area (Å²) < 4.78 is 5.19. The first-order valence-electron chi connectivity index (χ1n) is 4.74. The molecular formula is C11H13N3O. The lowest BCUT2D eigenvalue weighted by Crippen LogP contribution is -2.01. The molecule has 4 nitrogen and oxygen atoms in total. The molecule has 4 heteroatoms. The van der Waals surface area contributed by atoms with Crippen LogP contribution < -0.4 is 11.1 Å². The van der Waals surface area contributed by atoms with E-state index in [0.717, 1.165) is 17.1 Å². The van der Waals surface area contributed by atoms with Gasteiger partial charge in [0.05, 0.1) is 24.7 Å². The highest BCUT2D eigenvalue weighted by molar-refractivity contribution is 5.50. The summed E-state index contributed by atoms with van der Waals surface area (Å²) in [6, 6.07) is 5.69. The maximum atomic E-state index is 5.67. The molecule has 3 N–H and O–H groups in total. The van der Waals surface area contributed by atoms with Crippen LogP contribution in [-0.4, -0.2) is 4.98 Å². The summed E-state index contributed by atoms with van der Waals surface area (Å²) in [4.78, 5) is 4.16. The molecule has 0 aliphatic heterocycles. The minimum Gasteiger partial charge on any atom is -0.467 e. The number of hydrogen-bond donors (Lipinski definition) is 2. The van der Waals surface area contributed by atoms with Crippen LogP contribution in [0.5, 0.6) is 0 Å². The molecule has 2 aromatic rings. The van der Waals surface area contributed by atoms with Gasteiger partial charge in [0.2, 0.25) is 0 Å². The number of nitrogens with one attached hydrogen (secondary N) is 1. The van der Waals surface area contributed by atoms with Gasteiger partial charge in [-0.25, -0.2) is 4.98 Å². The van der Waals surface area contributed by atoms with Gasteiger partial charge in [-0.05, 0) is 30.7 Å². The molecule has 2 heterocycles. The van der Waals surface area contributed by atoms with Crippen LogP contribution in [0.2, 0.25) is 0 Å². The van der Waals surface area contributed by atoms with Gasteiger partial charge >= 0.3 is 0 Å². The van der Waals surface area contributed by atoms with Gasteiger partial charge in [-0.15, -0.1) is 0 Å². The number of rotatable bonds is 3. The normalized spacial score (nSPS) is 10.2. The van der Waals surface area contributed by atoms with E-state index in [-0.39, 0.29) is 0 Å². The van der Waals surface area contributed by atoms with E-state index in [1.165, 1.54) is 0 Å². The van der Waals surface area contributed by atoms with E-state index in [4.69, 9.17) is 10.2 Å². The molecule has 0 aliphatic rings. The van der Waals surface area contributed by atoms with Crippen molar-refractivity contribution in [3.8, 4) is 0 Å². The van der Waals surface area contributed by atoms with Crippen LogP contribution >= 0.6 is 0 Å². The molecule has 0 bridgehead atoms. The first-order valence-corrected chi connectivity index (χ1v) is 4.74. The molecule has 0 amide bonds. The van der Waals surface area contributed by atoms with Crippen molar-refractivity contribution < 1.29 is 4.42 Å². The molecule has 0 atom stereocenters. The summed E-state index contributed by atoms with van der Waals surface area (Å²) in [7, 11) is 0. The van der Waals surface area contributed by atoms with Crippen LogP contribution in [0.4, 0.5) is 11.5 Å². The van der Waals surface area contributed by atoms with Crippen molar-refractivity contribution in [2.75, 3.05) is 11.1 Å². The largest absolute Gasteiger partial charge is 0.467 e. The number of nitrogens with two attached hydrogens (primary N) is 1. The molecule has 0 unspecified atom stereocenters. The van der Waals surface area contributed by atoms with Gasteiger partial charge in [0.15, 0.2) is 0 Å². The summed E-state index contributed by atoms with van der Waals surface area (Å²) >= 11 is 0. The van der Waals surface area contributed by atoms with Crippen molar-refractivity contribution in [3.05, 3.63) is 42.0 Å². The van der Waals surface area contributed by atoms with Crippen LogP contribution in [0.25, 0.3) is 0 Å². The molecule has 0 saturated heterocycles. The van der Waals surface area contributed by atoms with E-state index in [9.17, 15) is 0 Å². The van der Waals surface area contributed by atoms with E-state index in [2.05, 4.69) is 10.3 Å². The fourth-order valence-corrected chi connectivity index (χ4v) is 1.25. The Bertz CT molecular complexity index is 437. The maximum Gasteiger partial charge on any atom is 0.126 e. The van der Waals surface area contributed by atoms with Gasteiger partial charge in [-0.3, -0.25) is 0 Å². The Hall–Kier alpha value is -1.97. The minimum absolute atomic E-state index is 0.628. The standard InChI is InChI=1S/C11H13N3O/c1-8-5-11(14-7-10(8)12)13-6-9-3-2-4-15-9/h2-5,7H,6,12H2,1H3,(H,13,14). The first kappa shape index (κ1) is 9.58. The summed E-state index contributed by atoms with van der Waals surface area (Å²) in [6.45, 7) is 2.58. The maximum absolute atomic E-state index is 5.67. The Morgan fingerprint density at radius 3 is 3.07 bits per heavy atom. The molecule has 0 radical (unpaired) electrons. The second-order valence-electron chi connectivity index (χ2n) is 3.36. The molecule has 2 aromatic heterocycles. The molecule has 2 rings (SSSR count). The van der Waals surface area contributed by atoms with E-state index < -0.39 is 0 Å². The molecule has 0 aromatic carbocycles. The topological polar surface area (TPSA) is 64.1 Å². The molecule has 15 heavy (non-hydrogen) atoms. The number of nitrogens with zero attached hydrogens (tertiary/aromatic N) is 1. The smallest absolute Gasteiger partial charge is 0.126 e. The second kappa shape index (κ2) is 4.04. The van der Waals surface area contributed by atoms with Gasteiger partial charge in [-0.2, -0.15) is 0 Å². The third kappa shape index (κ3) is 2.28. The lowest BCUT2D eigenvalue weighted by Gasteiger charge is -2.05. The van der Waals surface area contributed by atoms with Crippen LogP contribution in [0.15, 0.2) is 35.1 Å². The zero-order valence-electron chi connectivity index (χ0n) is 8.53. The van der Waals surface area contributed by atoms with E-state index in [1.54, 1.807) is 12.5 Å². The number of pyridine rings is 1. The average molecular weight is 203 g/mol. The molecule has 78 valence electrons. The number of anilines is 2. The Balaban J connectivity index is 2.02. The zero-order chi connectivity index (χ0) is 10.7. The number of nitrogen functional groups attached to an aromatic ring is 1. The Labute approximate surface area is 88.1 Å². The first-order chi connectivity index (χ1) is 7.25. The van der Waals surface area contributed by atoms with Crippen molar-refractivity contribution in [2.45, 2.75) is 13.5 Å². The van der Waals surface area contributed by atoms with Crippen molar-refractivity contribution in [2.24, 2.45) is 0 Å². The van der Waals surface area contributed by atoms with Crippen LogP contribution in [0.1, 0.15) is 11.3 Å². The lowest BCUT2D eigenvalue weighted by atomic mass is 10.2. The Morgan fingerprint density at radius 2 is 2.40 bits per heavy atom. The van der Waals surface area contributed by atoms with Crippen LogP contribution in [-0.2, 0) is 6.54 Å². The predicted octanol–water partition coefficient (Wildman–Crippen LogP) is 2.18. The number of aromatic nitrogens is 1. The highest BCUT2D eigenvalue weighted by Gasteiger charge is 1.99. The fourth-order valence-electron chi connectivity index (χ4n) is 1.25. The Kier molecular flexibility index (Phi) is 2.58. The van der Waals surface area contributed by atoms with Crippen molar-refractivity contribution >= 4 is 11.5 Å². The summed E-state index contributed by atoms with van der Waals surface area (Å²) in [5.74, 6) is 1.68. The second-order valence-corrected chi connectivity index (χ2v) is 3.36. The zero-order valence-corrected chi connectivity index (χ0v) is 8.53. The molecule has 0 spiro atoms. The molecule has 0 aliphatic carbocycles. The van der Waals surface area contributed by atoms with Gasteiger partial charge in [-0.1, -0.05) is 0 Å². The number of aryl methyl sites for hydroxylation is 1. The monoisotopic (exact) mass is 203 g/mol. The SMILES string of the molecule is Cc1cc(NCc2ccco2)ncc1N. The molecule has 0 saturated carbocycles. The minimum atomic E-state index is 0.628. The Morgan fingerprint density at radius 1 is 1.53 bits per heavy atom. The van der Waals surface area contributed by atoms with Crippen LogP contribution in [0.3, 0.4) is 0 Å². The predicted molar refractivity (Wildman–Crippen MR) is 59.4 cm³/mol. The third-order valence-electron chi connectivity index (χ3n) is 2.18. The van der Waals surface area contributed by atoms with Gasteiger partial charge in [0, 0.05) is 0 Å². The number of furan rings is 1. The van der Waals surface area contributed by atoms with Crippen LogP contribution in [0, 0.1) is 6.92 Å².